The van der Waals surface area contributed by atoms with Gasteiger partial charge in [0.05, 0.1) is 6.20 Å². The lowest BCUT2D eigenvalue weighted by Gasteiger charge is -2.19. The van der Waals surface area contributed by atoms with Crippen molar-refractivity contribution in [1.82, 2.24) is 15.2 Å². The second-order valence-corrected chi connectivity index (χ2v) is 5.52. The van der Waals surface area contributed by atoms with Crippen molar-refractivity contribution in [3.05, 3.63) is 54.7 Å². The predicted octanol–water partition coefficient (Wildman–Crippen LogP) is 3.15. The van der Waals surface area contributed by atoms with E-state index in [4.69, 9.17) is 9.47 Å². The molecule has 7 heteroatoms. The molecule has 1 N–H and O–H groups in total. The Morgan fingerprint density at radius 3 is 2.64 bits per heavy atom. The molecule has 0 saturated heterocycles. The van der Waals surface area contributed by atoms with Crippen LogP contribution in [0.3, 0.4) is 0 Å². The highest BCUT2D eigenvalue weighted by Crippen LogP contribution is 2.33. The van der Waals surface area contributed by atoms with E-state index in [1.54, 1.807) is 6.20 Å². The Hall–Kier alpha value is -3.35. The maximum Gasteiger partial charge on any atom is 0.249 e. The molecule has 0 bridgehead atoms. The summed E-state index contributed by atoms with van der Waals surface area (Å²) < 4.78 is 11.1. The van der Waals surface area contributed by atoms with Crippen LogP contribution in [0.1, 0.15) is 0 Å². The first kappa shape index (κ1) is 15.2. The van der Waals surface area contributed by atoms with E-state index in [9.17, 15) is 0 Å². The summed E-state index contributed by atoms with van der Waals surface area (Å²) in [4.78, 5) is 6.47. The van der Waals surface area contributed by atoms with Crippen LogP contribution in [-0.2, 0) is 0 Å². The number of benzene rings is 2. The van der Waals surface area contributed by atoms with E-state index >= 15 is 0 Å². The molecular formula is C18H17N5O2. The summed E-state index contributed by atoms with van der Waals surface area (Å²) in [5.74, 6) is 2.56. The van der Waals surface area contributed by atoms with Crippen molar-refractivity contribution in [2.45, 2.75) is 0 Å². The fourth-order valence-electron chi connectivity index (χ4n) is 2.54. The van der Waals surface area contributed by atoms with E-state index < -0.39 is 0 Å². The van der Waals surface area contributed by atoms with Gasteiger partial charge in [0.1, 0.15) is 13.2 Å². The third kappa shape index (κ3) is 3.30. The quantitative estimate of drug-likeness (QED) is 0.785. The topological polar surface area (TPSA) is 72.4 Å². The van der Waals surface area contributed by atoms with Crippen molar-refractivity contribution >= 4 is 23.1 Å². The van der Waals surface area contributed by atoms with Crippen LogP contribution in [0, 0.1) is 0 Å². The molecule has 7 nitrogen and oxygen atoms in total. The van der Waals surface area contributed by atoms with Gasteiger partial charge < -0.3 is 19.7 Å². The van der Waals surface area contributed by atoms with Crippen LogP contribution in [-0.4, -0.2) is 35.4 Å². The lowest BCUT2D eigenvalue weighted by atomic mass is 10.2. The highest BCUT2D eigenvalue weighted by Gasteiger charge is 2.13. The summed E-state index contributed by atoms with van der Waals surface area (Å²) in [7, 11) is 1.94. The number of hydrogen-bond donors (Lipinski definition) is 1. The molecule has 1 aliphatic rings. The van der Waals surface area contributed by atoms with E-state index in [1.165, 1.54) is 0 Å². The molecule has 0 saturated carbocycles. The maximum atomic E-state index is 5.59. The van der Waals surface area contributed by atoms with Crippen LogP contribution in [0.15, 0.2) is 54.7 Å². The Balaban J connectivity index is 1.56. The SMILES string of the molecule is CN(c1ccccc1)c1cnnc(Nc2ccc3c(c2)OCCO3)n1. The van der Waals surface area contributed by atoms with E-state index in [-0.39, 0.29) is 0 Å². The average molecular weight is 335 g/mol. The van der Waals surface area contributed by atoms with Gasteiger partial charge in [-0.3, -0.25) is 0 Å². The number of para-hydroxylation sites is 1. The minimum atomic E-state index is 0.414. The Bertz CT molecular complexity index is 872. The van der Waals surface area contributed by atoms with E-state index in [1.807, 2.05) is 60.5 Å². The highest BCUT2D eigenvalue weighted by atomic mass is 16.6. The first-order valence-electron chi connectivity index (χ1n) is 7.95. The van der Waals surface area contributed by atoms with Gasteiger partial charge >= 0.3 is 0 Å². The molecule has 1 aliphatic heterocycles. The molecule has 2 heterocycles. The average Bonchev–Trinajstić information content (AvgIpc) is 2.68. The molecule has 0 fully saturated rings. The first-order chi connectivity index (χ1) is 12.3. The van der Waals surface area contributed by atoms with Gasteiger partial charge in [0.25, 0.3) is 0 Å². The summed E-state index contributed by atoms with van der Waals surface area (Å²) in [6.07, 6.45) is 1.63. The third-order valence-electron chi connectivity index (χ3n) is 3.83. The first-order valence-corrected chi connectivity index (χ1v) is 7.95. The van der Waals surface area contributed by atoms with Gasteiger partial charge in [-0.25, -0.2) is 0 Å². The van der Waals surface area contributed by atoms with Crippen LogP contribution in [0.2, 0.25) is 0 Å². The number of fused-ring (bicyclic) bond motifs is 1. The molecule has 3 aromatic rings. The molecule has 0 spiro atoms. The summed E-state index contributed by atoms with van der Waals surface area (Å²) in [6.45, 7) is 1.12. The van der Waals surface area contributed by atoms with Crippen LogP contribution in [0.5, 0.6) is 11.5 Å². The second kappa shape index (κ2) is 6.64. The van der Waals surface area contributed by atoms with E-state index in [0.717, 1.165) is 17.1 Å². The molecule has 0 aliphatic carbocycles. The van der Waals surface area contributed by atoms with Gasteiger partial charge in [0.15, 0.2) is 17.3 Å². The van der Waals surface area contributed by atoms with Crippen molar-refractivity contribution in [1.29, 1.82) is 0 Å². The molecule has 126 valence electrons. The molecular weight excluding hydrogens is 318 g/mol. The Labute approximate surface area is 145 Å². The molecule has 0 atom stereocenters. The lowest BCUT2D eigenvalue weighted by molar-refractivity contribution is 0.171. The summed E-state index contributed by atoms with van der Waals surface area (Å²) in [6, 6.07) is 15.6. The molecule has 1 aromatic heterocycles. The Morgan fingerprint density at radius 1 is 1.00 bits per heavy atom. The van der Waals surface area contributed by atoms with Gasteiger partial charge in [-0.15, -0.1) is 5.10 Å². The van der Waals surface area contributed by atoms with Crippen molar-refractivity contribution in [2.24, 2.45) is 0 Å². The maximum absolute atomic E-state index is 5.59. The van der Waals surface area contributed by atoms with Crippen molar-refractivity contribution in [3.63, 3.8) is 0 Å². The zero-order chi connectivity index (χ0) is 17.1. The van der Waals surface area contributed by atoms with Gasteiger partial charge in [-0.2, -0.15) is 10.1 Å². The van der Waals surface area contributed by atoms with Gasteiger partial charge in [-0.05, 0) is 24.3 Å². The Morgan fingerprint density at radius 2 is 1.80 bits per heavy atom. The standard InChI is InChI=1S/C18H17N5O2/c1-23(14-5-3-2-4-6-14)17-12-19-22-18(21-17)20-13-7-8-15-16(11-13)25-10-9-24-15/h2-8,11-12H,9-10H2,1H3,(H,20,21,22). The molecule has 0 unspecified atom stereocenters. The second-order valence-electron chi connectivity index (χ2n) is 5.52. The minimum absolute atomic E-state index is 0.414. The molecule has 0 radical (unpaired) electrons. The summed E-state index contributed by atoms with van der Waals surface area (Å²) >= 11 is 0. The van der Waals surface area contributed by atoms with Crippen LogP contribution in [0.4, 0.5) is 23.1 Å². The smallest absolute Gasteiger partial charge is 0.249 e. The monoisotopic (exact) mass is 335 g/mol. The van der Waals surface area contributed by atoms with E-state index in [0.29, 0.717) is 30.7 Å². The number of ether oxygens (including phenoxy) is 2. The van der Waals surface area contributed by atoms with Gasteiger partial charge in [-0.1, -0.05) is 18.2 Å². The minimum Gasteiger partial charge on any atom is -0.486 e. The number of nitrogens with zero attached hydrogens (tertiary/aromatic N) is 4. The van der Waals surface area contributed by atoms with Crippen LogP contribution < -0.4 is 19.7 Å². The van der Waals surface area contributed by atoms with E-state index in [2.05, 4.69) is 20.5 Å². The number of anilines is 4. The van der Waals surface area contributed by atoms with Crippen molar-refractivity contribution < 1.29 is 9.47 Å². The normalized spacial score (nSPS) is 12.5. The number of rotatable bonds is 4. The number of aromatic nitrogens is 3. The largest absolute Gasteiger partial charge is 0.486 e. The highest BCUT2D eigenvalue weighted by molar-refractivity contribution is 5.62. The predicted molar refractivity (Wildman–Crippen MR) is 95.0 cm³/mol. The summed E-state index contributed by atoms with van der Waals surface area (Å²) in [5.41, 5.74) is 1.83. The number of nitrogens with one attached hydrogen (secondary N) is 1. The fourth-order valence-corrected chi connectivity index (χ4v) is 2.54. The zero-order valence-corrected chi connectivity index (χ0v) is 13.7. The molecule has 4 rings (SSSR count). The van der Waals surface area contributed by atoms with Gasteiger partial charge in [0.2, 0.25) is 5.95 Å². The lowest BCUT2D eigenvalue weighted by Crippen LogP contribution is -2.15. The fraction of sp³-hybridized carbons (Fsp3) is 0.167. The molecule has 0 amide bonds. The van der Waals surface area contributed by atoms with Crippen LogP contribution in [0.25, 0.3) is 0 Å². The molecule has 2 aromatic carbocycles. The third-order valence-corrected chi connectivity index (χ3v) is 3.83. The van der Waals surface area contributed by atoms with Gasteiger partial charge in [0, 0.05) is 24.5 Å². The molecule has 25 heavy (non-hydrogen) atoms. The van der Waals surface area contributed by atoms with Crippen molar-refractivity contribution in [2.75, 3.05) is 30.5 Å². The van der Waals surface area contributed by atoms with Crippen LogP contribution >= 0.6 is 0 Å². The number of hydrogen-bond acceptors (Lipinski definition) is 7. The van der Waals surface area contributed by atoms with Crippen molar-refractivity contribution in [3.8, 4) is 11.5 Å². The zero-order valence-electron chi connectivity index (χ0n) is 13.7. The Kier molecular flexibility index (Phi) is 4.04. The summed E-state index contributed by atoms with van der Waals surface area (Å²) in [5, 5.41) is 11.2.